The summed E-state index contributed by atoms with van der Waals surface area (Å²) in [6.07, 6.45) is 6.06. The van der Waals surface area contributed by atoms with Crippen molar-refractivity contribution in [2.75, 3.05) is 19.6 Å². The highest BCUT2D eigenvalue weighted by Crippen LogP contribution is 2.23. The van der Waals surface area contributed by atoms with Crippen molar-refractivity contribution in [2.45, 2.75) is 77.3 Å². The fourth-order valence-electron chi connectivity index (χ4n) is 5.04. The van der Waals surface area contributed by atoms with Crippen molar-refractivity contribution < 1.29 is 14.4 Å². The van der Waals surface area contributed by atoms with Crippen LogP contribution >= 0.6 is 0 Å². The van der Waals surface area contributed by atoms with Gasteiger partial charge in [0.1, 0.15) is 12.1 Å². The fourth-order valence-corrected chi connectivity index (χ4v) is 5.04. The molecule has 0 radical (unpaired) electrons. The predicted molar refractivity (Wildman–Crippen MR) is 144 cm³/mol. The van der Waals surface area contributed by atoms with E-state index in [1.807, 2.05) is 44.2 Å². The monoisotopic (exact) mass is 494 g/mol. The van der Waals surface area contributed by atoms with Crippen LogP contribution in [-0.2, 0) is 20.8 Å². The van der Waals surface area contributed by atoms with E-state index < -0.39 is 12.1 Å². The van der Waals surface area contributed by atoms with Gasteiger partial charge in [0.05, 0.1) is 0 Å². The van der Waals surface area contributed by atoms with Gasteiger partial charge in [-0.15, -0.1) is 0 Å². The summed E-state index contributed by atoms with van der Waals surface area (Å²) in [4.78, 5) is 41.3. The molecule has 0 spiro atoms. The third-order valence-corrected chi connectivity index (χ3v) is 7.24. The molecule has 36 heavy (non-hydrogen) atoms. The Kier molecular flexibility index (Phi) is 10.7. The van der Waals surface area contributed by atoms with E-state index in [9.17, 15) is 14.4 Å². The minimum absolute atomic E-state index is 0.0492. The van der Waals surface area contributed by atoms with Crippen LogP contribution in [0, 0.1) is 5.92 Å². The number of carbonyl (C=O) groups excluding carboxylic acids is 3. The van der Waals surface area contributed by atoms with Gasteiger partial charge in [-0.25, -0.2) is 0 Å². The number of nitrogens with one attached hydrogen (secondary N) is 2. The number of nitrogens with two attached hydrogens (primary N) is 1. The Balaban J connectivity index is 1.73. The summed E-state index contributed by atoms with van der Waals surface area (Å²) in [6.45, 7) is 5.80. The predicted octanol–water partition coefficient (Wildman–Crippen LogP) is 3.54. The van der Waals surface area contributed by atoms with Crippen LogP contribution in [-0.4, -0.2) is 54.3 Å². The summed E-state index contributed by atoms with van der Waals surface area (Å²) in [5.41, 5.74) is 6.54. The van der Waals surface area contributed by atoms with Crippen molar-refractivity contribution >= 4 is 28.5 Å². The molecule has 1 aliphatic heterocycles. The smallest absolute Gasteiger partial charge is 0.243 e. The van der Waals surface area contributed by atoms with Crippen molar-refractivity contribution in [3.05, 3.63) is 48.0 Å². The molecule has 2 atom stereocenters. The van der Waals surface area contributed by atoms with Crippen LogP contribution in [0.1, 0.15) is 64.4 Å². The van der Waals surface area contributed by atoms with Crippen molar-refractivity contribution in [1.82, 2.24) is 15.5 Å². The average Bonchev–Trinajstić information content (AvgIpc) is 3.39. The van der Waals surface area contributed by atoms with E-state index in [-0.39, 0.29) is 23.6 Å². The summed E-state index contributed by atoms with van der Waals surface area (Å²) in [7, 11) is 0. The summed E-state index contributed by atoms with van der Waals surface area (Å²) in [5, 5.41) is 8.22. The second-order valence-corrected chi connectivity index (χ2v) is 9.79. The molecule has 2 aromatic carbocycles. The molecule has 196 valence electrons. The van der Waals surface area contributed by atoms with E-state index in [1.165, 1.54) is 0 Å². The van der Waals surface area contributed by atoms with Gasteiger partial charge in [0, 0.05) is 25.4 Å². The van der Waals surface area contributed by atoms with Gasteiger partial charge in [-0.1, -0.05) is 62.7 Å². The minimum Gasteiger partial charge on any atom is -0.354 e. The lowest BCUT2D eigenvalue weighted by molar-refractivity contribution is -0.142. The largest absolute Gasteiger partial charge is 0.354 e. The quantitative estimate of drug-likeness (QED) is 0.371. The van der Waals surface area contributed by atoms with E-state index in [1.54, 1.807) is 4.90 Å². The summed E-state index contributed by atoms with van der Waals surface area (Å²) < 4.78 is 0. The molecule has 1 aliphatic rings. The normalized spacial score (nSPS) is 16.3. The first kappa shape index (κ1) is 27.7. The average molecular weight is 495 g/mol. The van der Waals surface area contributed by atoms with Gasteiger partial charge in [0.2, 0.25) is 17.7 Å². The zero-order valence-corrected chi connectivity index (χ0v) is 21.8. The number of likely N-dealkylation sites (tertiary alicyclic amines) is 1. The zero-order valence-electron chi connectivity index (χ0n) is 21.8. The summed E-state index contributed by atoms with van der Waals surface area (Å²) in [5.74, 6) is -0.451. The molecule has 0 saturated carbocycles. The molecule has 7 heteroatoms. The Morgan fingerprint density at radius 1 is 1.03 bits per heavy atom. The molecule has 3 amide bonds. The van der Waals surface area contributed by atoms with E-state index in [2.05, 4.69) is 22.8 Å². The summed E-state index contributed by atoms with van der Waals surface area (Å²) >= 11 is 0. The van der Waals surface area contributed by atoms with Crippen molar-refractivity contribution in [3.63, 3.8) is 0 Å². The number of rotatable bonds is 13. The van der Waals surface area contributed by atoms with Gasteiger partial charge in [-0.3, -0.25) is 14.4 Å². The van der Waals surface area contributed by atoms with Crippen LogP contribution in [0.4, 0.5) is 0 Å². The van der Waals surface area contributed by atoms with E-state index in [0.717, 1.165) is 54.9 Å². The standard InChI is InChI=1S/C29H42N4O3/c1-3-22(4-2)29(36)33-18-10-13-26(33)28(35)32-25(27(34)31-17-9-5-8-16-30)20-21-14-15-23-11-6-7-12-24(23)19-21/h6-7,11-12,14-15,19,22,25-26H,3-5,8-10,13,16-18,20,30H2,1-2H3,(H,31,34)(H,32,35). The van der Waals surface area contributed by atoms with Gasteiger partial charge in [0.25, 0.3) is 0 Å². The maximum absolute atomic E-state index is 13.4. The van der Waals surface area contributed by atoms with E-state index >= 15 is 0 Å². The number of nitrogens with zero attached hydrogens (tertiary/aromatic N) is 1. The van der Waals surface area contributed by atoms with Crippen LogP contribution in [0.25, 0.3) is 10.8 Å². The Morgan fingerprint density at radius 2 is 1.78 bits per heavy atom. The lowest BCUT2D eigenvalue weighted by Gasteiger charge is -2.29. The highest BCUT2D eigenvalue weighted by molar-refractivity contribution is 5.93. The van der Waals surface area contributed by atoms with Crippen LogP contribution in [0.3, 0.4) is 0 Å². The maximum Gasteiger partial charge on any atom is 0.243 e. The zero-order chi connectivity index (χ0) is 25.9. The number of unbranched alkanes of at least 4 members (excludes halogenated alkanes) is 2. The molecule has 2 unspecified atom stereocenters. The second kappa shape index (κ2) is 14.0. The highest BCUT2D eigenvalue weighted by atomic mass is 16.2. The van der Waals surface area contributed by atoms with Crippen molar-refractivity contribution in [2.24, 2.45) is 11.7 Å². The SMILES string of the molecule is CCC(CC)C(=O)N1CCCC1C(=O)NC(Cc1ccc2ccccc2c1)C(=O)NCCCCCN. The number of hydrogen-bond acceptors (Lipinski definition) is 4. The first-order chi connectivity index (χ1) is 17.5. The van der Waals surface area contributed by atoms with Crippen LogP contribution < -0.4 is 16.4 Å². The highest BCUT2D eigenvalue weighted by Gasteiger charge is 2.37. The number of fused-ring (bicyclic) bond motifs is 1. The number of benzene rings is 2. The lowest BCUT2D eigenvalue weighted by Crippen LogP contribution is -2.54. The molecule has 7 nitrogen and oxygen atoms in total. The molecular formula is C29H42N4O3. The molecule has 0 aromatic heterocycles. The topological polar surface area (TPSA) is 105 Å². The first-order valence-electron chi connectivity index (χ1n) is 13.5. The molecule has 3 rings (SSSR count). The lowest BCUT2D eigenvalue weighted by atomic mass is 10.00. The molecular weight excluding hydrogens is 452 g/mol. The van der Waals surface area contributed by atoms with Crippen molar-refractivity contribution in [1.29, 1.82) is 0 Å². The Hall–Kier alpha value is -2.93. The fraction of sp³-hybridized carbons (Fsp3) is 0.552. The van der Waals surface area contributed by atoms with E-state index in [4.69, 9.17) is 5.73 Å². The molecule has 1 heterocycles. The third kappa shape index (κ3) is 7.29. The first-order valence-corrected chi connectivity index (χ1v) is 13.5. The van der Waals surface area contributed by atoms with Gasteiger partial charge in [-0.05, 0) is 61.4 Å². The van der Waals surface area contributed by atoms with Crippen LogP contribution in [0.15, 0.2) is 42.5 Å². The molecule has 2 aromatic rings. The third-order valence-electron chi connectivity index (χ3n) is 7.24. The molecule has 4 N–H and O–H groups in total. The van der Waals surface area contributed by atoms with Gasteiger partial charge < -0.3 is 21.3 Å². The van der Waals surface area contributed by atoms with Gasteiger partial charge in [0.15, 0.2) is 0 Å². The molecule has 1 fully saturated rings. The molecule has 1 saturated heterocycles. The minimum atomic E-state index is -0.709. The van der Waals surface area contributed by atoms with Gasteiger partial charge in [-0.2, -0.15) is 0 Å². The molecule has 0 bridgehead atoms. The number of carbonyl (C=O) groups is 3. The Labute approximate surface area is 215 Å². The number of amides is 3. The maximum atomic E-state index is 13.4. The van der Waals surface area contributed by atoms with Crippen LogP contribution in [0.5, 0.6) is 0 Å². The Bertz CT molecular complexity index is 1020. The summed E-state index contributed by atoms with van der Waals surface area (Å²) in [6, 6.07) is 13.0. The van der Waals surface area contributed by atoms with Crippen LogP contribution in [0.2, 0.25) is 0 Å². The van der Waals surface area contributed by atoms with Gasteiger partial charge >= 0.3 is 0 Å². The number of hydrogen-bond donors (Lipinski definition) is 3. The Morgan fingerprint density at radius 3 is 2.50 bits per heavy atom. The molecule has 0 aliphatic carbocycles. The van der Waals surface area contributed by atoms with Crippen molar-refractivity contribution in [3.8, 4) is 0 Å². The second-order valence-electron chi connectivity index (χ2n) is 9.79. The van der Waals surface area contributed by atoms with E-state index in [0.29, 0.717) is 32.5 Å².